The van der Waals surface area contributed by atoms with Crippen molar-refractivity contribution in [1.29, 1.82) is 0 Å². The Balaban J connectivity index is 2.99. The lowest BCUT2D eigenvalue weighted by Crippen LogP contribution is -2.53. The molecule has 4 atom stereocenters. The maximum Gasteiger partial charge on any atom is 0.337 e. The molecule has 1 heterocycles. The maximum atomic E-state index is 11.1. The molecule has 16 heavy (non-hydrogen) atoms. The van der Waals surface area contributed by atoms with Gasteiger partial charge in [-0.05, 0) is 0 Å². The van der Waals surface area contributed by atoms with Crippen LogP contribution < -0.4 is 0 Å². The quantitative estimate of drug-likeness (QED) is 0.483. The molecule has 0 amide bonds. The number of nitroso groups, excluding NO2 is 4. The Morgan fingerprint density at radius 2 is 1.62 bits per heavy atom. The van der Waals surface area contributed by atoms with Crippen molar-refractivity contribution in [3.63, 3.8) is 0 Å². The first-order chi connectivity index (χ1) is 7.69. The second kappa shape index (κ2) is 5.09. The van der Waals surface area contributed by atoms with Crippen molar-refractivity contribution in [1.82, 2.24) is 0 Å². The Hall–Kier alpha value is -2.13. The van der Waals surface area contributed by atoms with Crippen LogP contribution in [0, 0.1) is 19.6 Å². The third-order valence-corrected chi connectivity index (χ3v) is 2.17. The Morgan fingerprint density at radius 3 is 2.06 bits per heavy atom. The predicted molar refractivity (Wildman–Crippen MR) is 49.3 cm³/mol. The fraction of sp³-hybridized carbons (Fsp3) is 0.833. The molecule has 1 unspecified atom stereocenters. The van der Waals surface area contributed by atoms with E-state index in [1.54, 1.807) is 0 Å². The number of ether oxygens (including phenoxy) is 1. The van der Waals surface area contributed by atoms with Crippen molar-refractivity contribution in [2.75, 3.05) is 6.54 Å². The number of rotatable bonds is 5. The lowest BCUT2D eigenvalue weighted by Gasteiger charge is -2.30. The number of cyclic esters (lactones) is 1. The summed E-state index contributed by atoms with van der Waals surface area (Å²) in [5, 5.41) is 9.75. The van der Waals surface area contributed by atoms with Gasteiger partial charge in [0.1, 0.15) is 6.54 Å². The van der Waals surface area contributed by atoms with Crippen molar-refractivity contribution >= 4 is 5.97 Å². The largest absolute Gasteiger partial charge is 0.456 e. The van der Waals surface area contributed by atoms with E-state index < -0.39 is 36.7 Å². The molecule has 0 aromatic carbocycles. The lowest BCUT2D eigenvalue weighted by atomic mass is 9.94. The van der Waals surface area contributed by atoms with Gasteiger partial charge in [-0.15, -0.1) is 4.91 Å². The van der Waals surface area contributed by atoms with Gasteiger partial charge in [-0.2, -0.15) is 14.7 Å². The fourth-order valence-electron chi connectivity index (χ4n) is 1.41. The number of carbonyl (C=O) groups is 1. The number of carbonyl (C=O) groups excluding carboxylic acids is 1. The summed E-state index contributed by atoms with van der Waals surface area (Å²) in [5.41, 5.74) is 0. The van der Waals surface area contributed by atoms with E-state index in [0.717, 1.165) is 0 Å². The third kappa shape index (κ3) is 1.94. The average molecular weight is 230 g/mol. The number of hydrogen-bond acceptors (Lipinski definition) is 10. The van der Waals surface area contributed by atoms with Crippen molar-refractivity contribution in [2.24, 2.45) is 20.7 Å². The highest BCUT2D eigenvalue weighted by Gasteiger charge is 2.49. The summed E-state index contributed by atoms with van der Waals surface area (Å²) in [4.78, 5) is 52.3. The molecule has 1 aliphatic heterocycles. The summed E-state index contributed by atoms with van der Waals surface area (Å²) < 4.78 is 4.55. The molecule has 10 nitrogen and oxygen atoms in total. The van der Waals surface area contributed by atoms with Crippen LogP contribution in [0.15, 0.2) is 20.7 Å². The SMILES string of the molecule is O=NC[C@H]1OC(=O)[C@H](N=O)C(N=O)[C@@H]1N=O. The second-order valence-corrected chi connectivity index (χ2v) is 3.03. The molecule has 1 saturated heterocycles. The lowest BCUT2D eigenvalue weighted by molar-refractivity contribution is -0.157. The first-order valence-electron chi connectivity index (χ1n) is 4.16. The van der Waals surface area contributed by atoms with Gasteiger partial charge in [-0.3, -0.25) is 0 Å². The van der Waals surface area contributed by atoms with Crippen LogP contribution >= 0.6 is 0 Å². The molecule has 10 heteroatoms. The maximum absolute atomic E-state index is 11.1. The molecule has 0 saturated carbocycles. The molecule has 86 valence electrons. The van der Waals surface area contributed by atoms with Crippen molar-refractivity contribution in [3.05, 3.63) is 19.6 Å². The van der Waals surface area contributed by atoms with Crippen LogP contribution in [0.2, 0.25) is 0 Å². The van der Waals surface area contributed by atoms with E-state index in [9.17, 15) is 24.4 Å². The van der Waals surface area contributed by atoms with Gasteiger partial charge in [0.05, 0.1) is 0 Å². The van der Waals surface area contributed by atoms with Crippen molar-refractivity contribution in [3.8, 4) is 0 Å². The summed E-state index contributed by atoms with van der Waals surface area (Å²) in [6.07, 6.45) is -1.27. The Bertz CT molecular complexity index is 333. The van der Waals surface area contributed by atoms with Gasteiger partial charge in [0, 0.05) is 0 Å². The summed E-state index contributed by atoms with van der Waals surface area (Å²) in [7, 11) is 0. The van der Waals surface area contributed by atoms with Gasteiger partial charge in [0.2, 0.25) is 6.04 Å². The zero-order chi connectivity index (χ0) is 12.1. The first kappa shape index (κ1) is 11.9. The monoisotopic (exact) mass is 230 g/mol. The predicted octanol–water partition coefficient (Wildman–Crippen LogP) is 0.0832. The molecule has 1 fully saturated rings. The highest BCUT2D eigenvalue weighted by atomic mass is 16.6. The molecular formula is C6H6N4O6. The van der Waals surface area contributed by atoms with Crippen molar-refractivity contribution < 1.29 is 9.53 Å². The van der Waals surface area contributed by atoms with E-state index in [1.165, 1.54) is 0 Å². The Kier molecular flexibility index (Phi) is 3.80. The summed E-state index contributed by atoms with van der Waals surface area (Å²) in [6.45, 7) is -0.542. The zero-order valence-electron chi connectivity index (χ0n) is 7.75. The third-order valence-electron chi connectivity index (χ3n) is 2.17. The molecule has 0 bridgehead atoms. The van der Waals surface area contributed by atoms with Crippen LogP contribution in [0.25, 0.3) is 0 Å². The summed E-state index contributed by atoms with van der Waals surface area (Å²) >= 11 is 0. The van der Waals surface area contributed by atoms with E-state index in [-0.39, 0.29) is 0 Å². The van der Waals surface area contributed by atoms with Crippen molar-refractivity contribution in [2.45, 2.75) is 24.2 Å². The topological polar surface area (TPSA) is 144 Å². The fourth-order valence-corrected chi connectivity index (χ4v) is 1.41. The average Bonchev–Trinajstić information content (AvgIpc) is 2.28. The summed E-state index contributed by atoms with van der Waals surface area (Å²) in [6, 6.07) is -4.68. The van der Waals surface area contributed by atoms with E-state index in [1.807, 2.05) is 0 Å². The number of nitrogens with zero attached hydrogens (tertiary/aromatic N) is 4. The normalized spacial score (nSPS) is 33.6. The van der Waals surface area contributed by atoms with Gasteiger partial charge in [0.15, 0.2) is 18.2 Å². The summed E-state index contributed by atoms with van der Waals surface area (Å²) in [5.74, 6) is -1.12. The van der Waals surface area contributed by atoms with E-state index in [0.29, 0.717) is 0 Å². The molecule has 0 aromatic heterocycles. The van der Waals surface area contributed by atoms with Crippen LogP contribution in [0.4, 0.5) is 0 Å². The van der Waals surface area contributed by atoms with Crippen LogP contribution in [0.3, 0.4) is 0 Å². The standard InChI is InChI=1S/C6H6N4O6/c11-6-5(10-15)4(9-14)3(8-13)2(16-6)1-7-12/h2-5H,1H2/t2-,3-,4?,5-/m1/s1. The number of esters is 1. The highest BCUT2D eigenvalue weighted by Crippen LogP contribution is 2.24. The van der Waals surface area contributed by atoms with Gasteiger partial charge in [-0.25, -0.2) is 4.79 Å². The van der Waals surface area contributed by atoms with Crippen LogP contribution in [0.1, 0.15) is 0 Å². The van der Waals surface area contributed by atoms with E-state index in [2.05, 4.69) is 25.4 Å². The van der Waals surface area contributed by atoms with Gasteiger partial charge in [0.25, 0.3) is 0 Å². The van der Waals surface area contributed by atoms with Crippen LogP contribution in [-0.2, 0) is 9.53 Å². The van der Waals surface area contributed by atoms with E-state index >= 15 is 0 Å². The molecular weight excluding hydrogens is 224 g/mol. The molecule has 1 rings (SSSR count). The van der Waals surface area contributed by atoms with Gasteiger partial charge >= 0.3 is 5.97 Å². The first-order valence-corrected chi connectivity index (χ1v) is 4.16. The Morgan fingerprint density at radius 1 is 1.00 bits per heavy atom. The molecule has 0 radical (unpaired) electrons. The zero-order valence-corrected chi connectivity index (χ0v) is 7.75. The van der Waals surface area contributed by atoms with Gasteiger partial charge < -0.3 is 4.74 Å². The van der Waals surface area contributed by atoms with E-state index in [4.69, 9.17) is 0 Å². The molecule has 0 aliphatic carbocycles. The van der Waals surface area contributed by atoms with Crippen LogP contribution in [0.5, 0.6) is 0 Å². The molecule has 1 aliphatic rings. The minimum Gasteiger partial charge on any atom is -0.456 e. The smallest absolute Gasteiger partial charge is 0.337 e. The second-order valence-electron chi connectivity index (χ2n) is 3.03. The Labute approximate surface area is 87.6 Å². The highest BCUT2D eigenvalue weighted by molar-refractivity contribution is 5.78. The molecule has 0 N–H and O–H groups in total. The molecule has 0 aromatic rings. The minimum absolute atomic E-state index is 0.542. The van der Waals surface area contributed by atoms with Gasteiger partial charge in [-0.1, -0.05) is 20.7 Å². The van der Waals surface area contributed by atoms with Crippen LogP contribution in [-0.4, -0.2) is 36.7 Å². The molecule has 0 spiro atoms. The number of hydrogen-bond donors (Lipinski definition) is 0. The minimum atomic E-state index is -1.71.